The first kappa shape index (κ1) is 27.0. The zero-order valence-electron chi connectivity index (χ0n) is 18.9. The molecule has 2 N–H and O–H groups in total. The van der Waals surface area contributed by atoms with E-state index in [1.807, 2.05) is 25.1 Å². The van der Waals surface area contributed by atoms with Crippen molar-refractivity contribution in [3.63, 3.8) is 0 Å². The number of ether oxygens (including phenoxy) is 3. The number of hydrogen-bond donors (Lipinski definition) is 2. The summed E-state index contributed by atoms with van der Waals surface area (Å²) < 4.78 is 16.5. The van der Waals surface area contributed by atoms with E-state index in [0.29, 0.717) is 38.8 Å². The van der Waals surface area contributed by atoms with Gasteiger partial charge in [0.2, 0.25) is 5.88 Å². The minimum absolute atomic E-state index is 0. The number of aromatic nitrogens is 1. The fraction of sp³-hybridized carbons (Fsp3) is 0.478. The van der Waals surface area contributed by atoms with Crippen LogP contribution in [0.3, 0.4) is 0 Å². The van der Waals surface area contributed by atoms with Crippen LogP contribution in [0.5, 0.6) is 11.6 Å². The molecule has 1 aromatic heterocycles. The van der Waals surface area contributed by atoms with E-state index in [-0.39, 0.29) is 24.0 Å². The van der Waals surface area contributed by atoms with Crippen LogP contribution in [0.1, 0.15) is 37.0 Å². The van der Waals surface area contributed by atoms with E-state index in [1.165, 1.54) is 0 Å². The van der Waals surface area contributed by atoms with Crippen LogP contribution in [-0.2, 0) is 17.8 Å². The van der Waals surface area contributed by atoms with E-state index < -0.39 is 0 Å². The molecule has 0 bridgehead atoms. The SMILES string of the molecule is CCCOc1ccc(CN=C(NCC)NCc2ccc(C)cc2OCCOC)cn1.I. The molecule has 0 unspecified atom stereocenters. The average Bonchev–Trinajstić information content (AvgIpc) is 2.76. The number of methoxy groups -OCH3 is 1. The van der Waals surface area contributed by atoms with Gasteiger partial charge in [-0.1, -0.05) is 25.1 Å². The lowest BCUT2D eigenvalue weighted by atomic mass is 10.1. The normalized spacial score (nSPS) is 10.9. The molecular weight excluding hydrogens is 507 g/mol. The highest BCUT2D eigenvalue weighted by atomic mass is 127. The molecule has 8 heteroatoms. The van der Waals surface area contributed by atoms with Crippen LogP contribution in [-0.4, -0.2) is 44.4 Å². The van der Waals surface area contributed by atoms with Gasteiger partial charge in [0.1, 0.15) is 12.4 Å². The van der Waals surface area contributed by atoms with E-state index in [1.54, 1.807) is 13.3 Å². The van der Waals surface area contributed by atoms with Crippen molar-refractivity contribution < 1.29 is 14.2 Å². The molecule has 0 aliphatic rings. The van der Waals surface area contributed by atoms with E-state index >= 15 is 0 Å². The van der Waals surface area contributed by atoms with Gasteiger partial charge in [0.25, 0.3) is 0 Å². The molecule has 0 amide bonds. The zero-order chi connectivity index (χ0) is 21.6. The number of guanidine groups is 1. The third-order valence-corrected chi connectivity index (χ3v) is 4.23. The Labute approximate surface area is 203 Å². The minimum atomic E-state index is 0. The fourth-order valence-electron chi connectivity index (χ4n) is 2.66. The molecule has 0 spiro atoms. The largest absolute Gasteiger partial charge is 0.491 e. The smallest absolute Gasteiger partial charge is 0.213 e. The fourth-order valence-corrected chi connectivity index (χ4v) is 2.66. The van der Waals surface area contributed by atoms with Crippen LogP contribution in [0.15, 0.2) is 41.5 Å². The van der Waals surface area contributed by atoms with Crippen LogP contribution in [0.25, 0.3) is 0 Å². The number of pyridine rings is 1. The first-order chi connectivity index (χ1) is 14.7. The van der Waals surface area contributed by atoms with Gasteiger partial charge in [0.15, 0.2) is 5.96 Å². The van der Waals surface area contributed by atoms with E-state index in [0.717, 1.165) is 41.4 Å². The molecule has 0 fully saturated rings. The highest BCUT2D eigenvalue weighted by Gasteiger charge is 2.06. The van der Waals surface area contributed by atoms with Crippen molar-refractivity contribution in [1.29, 1.82) is 0 Å². The Balaban J connectivity index is 0.00000480. The van der Waals surface area contributed by atoms with E-state index in [2.05, 4.69) is 46.6 Å². The molecular formula is C23H35IN4O3. The van der Waals surface area contributed by atoms with E-state index in [4.69, 9.17) is 14.2 Å². The van der Waals surface area contributed by atoms with Gasteiger partial charge in [-0.3, -0.25) is 0 Å². The Bertz CT molecular complexity index is 785. The third-order valence-electron chi connectivity index (χ3n) is 4.23. The second-order valence-electron chi connectivity index (χ2n) is 6.85. The van der Waals surface area contributed by atoms with Crippen LogP contribution in [0, 0.1) is 6.92 Å². The summed E-state index contributed by atoms with van der Waals surface area (Å²) in [5.74, 6) is 2.25. The van der Waals surface area contributed by atoms with Crippen molar-refractivity contribution in [2.45, 2.75) is 40.3 Å². The maximum atomic E-state index is 5.87. The number of nitrogens with one attached hydrogen (secondary N) is 2. The summed E-state index contributed by atoms with van der Waals surface area (Å²) in [4.78, 5) is 9.00. The van der Waals surface area contributed by atoms with Crippen molar-refractivity contribution in [2.75, 3.05) is 33.5 Å². The second kappa shape index (κ2) is 15.7. The summed E-state index contributed by atoms with van der Waals surface area (Å²) in [6, 6.07) is 10.1. The number of aryl methyl sites for hydroxylation is 1. The van der Waals surface area contributed by atoms with Gasteiger partial charge in [0.05, 0.1) is 19.8 Å². The Morgan fingerprint density at radius 3 is 2.55 bits per heavy atom. The average molecular weight is 542 g/mol. The molecule has 0 radical (unpaired) electrons. The van der Waals surface area contributed by atoms with Crippen molar-refractivity contribution in [1.82, 2.24) is 15.6 Å². The lowest BCUT2D eigenvalue weighted by Crippen LogP contribution is -2.36. The number of hydrogen-bond acceptors (Lipinski definition) is 5. The zero-order valence-corrected chi connectivity index (χ0v) is 21.3. The highest BCUT2D eigenvalue weighted by molar-refractivity contribution is 14.0. The lowest BCUT2D eigenvalue weighted by molar-refractivity contribution is 0.145. The molecule has 2 rings (SSSR count). The summed E-state index contributed by atoms with van der Waals surface area (Å²) in [7, 11) is 1.67. The number of aliphatic imine (C=N–C) groups is 1. The van der Waals surface area contributed by atoms with Crippen molar-refractivity contribution in [3.8, 4) is 11.6 Å². The number of rotatable bonds is 12. The summed E-state index contributed by atoms with van der Waals surface area (Å²) in [6.45, 7) is 9.84. The molecule has 7 nitrogen and oxygen atoms in total. The maximum Gasteiger partial charge on any atom is 0.213 e. The van der Waals surface area contributed by atoms with Crippen LogP contribution >= 0.6 is 24.0 Å². The molecule has 1 aromatic carbocycles. The highest BCUT2D eigenvalue weighted by Crippen LogP contribution is 2.20. The molecule has 0 saturated carbocycles. The van der Waals surface area contributed by atoms with Gasteiger partial charge in [-0.05, 0) is 37.5 Å². The molecule has 0 aliphatic carbocycles. The summed E-state index contributed by atoms with van der Waals surface area (Å²) in [5, 5.41) is 6.66. The monoisotopic (exact) mass is 542 g/mol. The molecule has 1 heterocycles. The lowest BCUT2D eigenvalue weighted by Gasteiger charge is -2.15. The number of halogens is 1. The Morgan fingerprint density at radius 2 is 1.87 bits per heavy atom. The minimum Gasteiger partial charge on any atom is -0.491 e. The first-order valence-electron chi connectivity index (χ1n) is 10.5. The first-order valence-corrected chi connectivity index (χ1v) is 10.5. The standard InChI is InChI=1S/C23H34N4O3.HI/c1-5-11-30-22-10-8-19(15-25-22)16-26-23(24-6-2)27-17-20-9-7-18(3)14-21(20)29-13-12-28-4;/h7-10,14-15H,5-6,11-13,16-17H2,1-4H3,(H2,24,26,27);1H. The van der Waals surface area contributed by atoms with Crippen LogP contribution < -0.4 is 20.1 Å². The molecule has 2 aromatic rings. The van der Waals surface area contributed by atoms with Gasteiger partial charge in [-0.15, -0.1) is 24.0 Å². The van der Waals surface area contributed by atoms with E-state index in [9.17, 15) is 0 Å². The maximum absolute atomic E-state index is 5.87. The van der Waals surface area contributed by atoms with Crippen molar-refractivity contribution in [2.24, 2.45) is 4.99 Å². The molecule has 0 aliphatic heterocycles. The summed E-state index contributed by atoms with van der Waals surface area (Å²) >= 11 is 0. The Kier molecular flexibility index (Phi) is 13.6. The van der Waals surface area contributed by atoms with Crippen molar-refractivity contribution in [3.05, 3.63) is 53.2 Å². The Morgan fingerprint density at radius 1 is 1.03 bits per heavy atom. The predicted octanol–water partition coefficient (Wildman–Crippen LogP) is 4.08. The molecule has 0 saturated heterocycles. The second-order valence-corrected chi connectivity index (χ2v) is 6.85. The van der Waals surface area contributed by atoms with Gasteiger partial charge >= 0.3 is 0 Å². The van der Waals surface area contributed by atoms with Crippen LogP contribution in [0.4, 0.5) is 0 Å². The number of benzene rings is 1. The summed E-state index contributed by atoms with van der Waals surface area (Å²) in [6.07, 6.45) is 2.77. The van der Waals surface area contributed by atoms with Gasteiger partial charge in [-0.25, -0.2) is 9.98 Å². The quantitative estimate of drug-likeness (QED) is 0.182. The van der Waals surface area contributed by atoms with Crippen LogP contribution in [0.2, 0.25) is 0 Å². The molecule has 31 heavy (non-hydrogen) atoms. The molecule has 0 atom stereocenters. The van der Waals surface area contributed by atoms with Gasteiger partial charge in [0, 0.05) is 38.0 Å². The van der Waals surface area contributed by atoms with Gasteiger partial charge < -0.3 is 24.8 Å². The van der Waals surface area contributed by atoms with Gasteiger partial charge in [-0.2, -0.15) is 0 Å². The van der Waals surface area contributed by atoms with Crippen molar-refractivity contribution >= 4 is 29.9 Å². The third kappa shape index (κ3) is 10.2. The topological polar surface area (TPSA) is 77.0 Å². The predicted molar refractivity (Wildman–Crippen MR) is 136 cm³/mol. The summed E-state index contributed by atoms with van der Waals surface area (Å²) in [5.41, 5.74) is 3.25. The molecule has 172 valence electrons. The number of nitrogens with zero attached hydrogens (tertiary/aromatic N) is 2. The Hall–Kier alpha value is -2.07.